The van der Waals surface area contributed by atoms with E-state index in [9.17, 15) is 20.9 Å². The summed E-state index contributed by atoms with van der Waals surface area (Å²) in [6.45, 7) is 0. The topological polar surface area (TPSA) is 113 Å². The lowest BCUT2D eigenvalue weighted by molar-refractivity contribution is 0.312. The minimum atomic E-state index is -1.06. The van der Waals surface area contributed by atoms with Crippen molar-refractivity contribution in [3.05, 3.63) is 69.7 Å². The molecule has 130 valence electrons. The molecular weight excluding hydrogens is 375 g/mol. The van der Waals surface area contributed by atoms with E-state index in [1.165, 1.54) is 0 Å². The molecule has 0 heterocycles. The van der Waals surface area contributed by atoms with Gasteiger partial charge in [-0.15, -0.1) is 0 Å². The highest BCUT2D eigenvalue weighted by molar-refractivity contribution is 6.47. The molecule has 6 nitrogen and oxygen atoms in total. The molecule has 2 aromatic rings. The van der Waals surface area contributed by atoms with Crippen molar-refractivity contribution in [3.63, 3.8) is 0 Å². The zero-order valence-electron chi connectivity index (χ0n) is 13.2. The third-order valence-electron chi connectivity index (χ3n) is 3.69. The van der Waals surface area contributed by atoms with Crippen molar-refractivity contribution in [3.8, 4) is 12.1 Å². The van der Waals surface area contributed by atoms with Crippen molar-refractivity contribution in [1.82, 2.24) is 0 Å². The number of rotatable bonds is 5. The Bertz CT molecular complexity index is 833. The fourth-order valence-corrected chi connectivity index (χ4v) is 2.66. The second-order valence-corrected chi connectivity index (χ2v) is 6.07. The van der Waals surface area contributed by atoms with Crippen molar-refractivity contribution in [2.75, 3.05) is 0 Å². The van der Waals surface area contributed by atoms with Gasteiger partial charge in [-0.25, -0.2) is 0 Å². The molecule has 0 aromatic heterocycles. The molecule has 0 fully saturated rings. The number of nitrogens with zero attached hydrogens (tertiary/aromatic N) is 4. The summed E-state index contributed by atoms with van der Waals surface area (Å²) in [6.07, 6.45) is 0. The lowest BCUT2D eigenvalue weighted by atomic mass is 9.85. The molecule has 0 spiro atoms. The summed E-state index contributed by atoms with van der Waals surface area (Å²) in [5, 5.41) is 45.2. The van der Waals surface area contributed by atoms with E-state index >= 15 is 0 Å². The van der Waals surface area contributed by atoms with Gasteiger partial charge in [0.1, 0.15) is 23.3 Å². The van der Waals surface area contributed by atoms with Gasteiger partial charge in [0, 0.05) is 10.0 Å². The Hall–Kier alpha value is -3.06. The van der Waals surface area contributed by atoms with Gasteiger partial charge in [-0.05, 0) is 35.4 Å². The van der Waals surface area contributed by atoms with Crippen molar-refractivity contribution >= 4 is 34.6 Å². The van der Waals surface area contributed by atoms with Crippen LogP contribution in [-0.4, -0.2) is 21.8 Å². The first-order valence-electron chi connectivity index (χ1n) is 7.30. The molecule has 26 heavy (non-hydrogen) atoms. The van der Waals surface area contributed by atoms with Gasteiger partial charge in [0.05, 0.1) is 12.1 Å². The van der Waals surface area contributed by atoms with Gasteiger partial charge in [-0.3, -0.25) is 0 Å². The maximum atomic E-state index is 9.54. The molecule has 0 saturated heterocycles. The minimum Gasteiger partial charge on any atom is -0.411 e. The molecule has 0 amide bonds. The van der Waals surface area contributed by atoms with Crippen LogP contribution in [-0.2, 0) is 0 Å². The van der Waals surface area contributed by atoms with Crippen LogP contribution in [0.1, 0.15) is 23.0 Å². The predicted molar refractivity (Wildman–Crippen MR) is 98.1 cm³/mol. The summed E-state index contributed by atoms with van der Waals surface area (Å²) in [5.74, 6) is -2.13. The predicted octanol–water partition coefficient (Wildman–Crippen LogP) is 4.57. The summed E-state index contributed by atoms with van der Waals surface area (Å²) >= 11 is 11.7. The van der Waals surface area contributed by atoms with Crippen LogP contribution in [0.3, 0.4) is 0 Å². The Kier molecular flexibility index (Phi) is 6.57. The van der Waals surface area contributed by atoms with Gasteiger partial charge in [0.15, 0.2) is 0 Å². The van der Waals surface area contributed by atoms with E-state index in [4.69, 9.17) is 23.2 Å². The smallest absolute Gasteiger partial charge is 0.128 e. The third-order valence-corrected chi connectivity index (χ3v) is 4.19. The van der Waals surface area contributed by atoms with E-state index in [1.807, 2.05) is 12.1 Å². The molecule has 0 unspecified atom stereocenters. The largest absolute Gasteiger partial charge is 0.411 e. The van der Waals surface area contributed by atoms with E-state index in [0.717, 1.165) is 0 Å². The first-order chi connectivity index (χ1) is 12.5. The van der Waals surface area contributed by atoms with Crippen molar-refractivity contribution in [2.45, 2.75) is 11.8 Å². The van der Waals surface area contributed by atoms with Gasteiger partial charge in [0.2, 0.25) is 0 Å². The van der Waals surface area contributed by atoms with Crippen LogP contribution in [0, 0.1) is 22.7 Å². The van der Waals surface area contributed by atoms with E-state index in [2.05, 4.69) is 10.3 Å². The van der Waals surface area contributed by atoms with Crippen molar-refractivity contribution in [2.24, 2.45) is 10.3 Å². The Balaban J connectivity index is 2.48. The first-order valence-corrected chi connectivity index (χ1v) is 8.05. The minimum absolute atomic E-state index is 0.237. The highest BCUT2D eigenvalue weighted by Gasteiger charge is 2.31. The molecular formula is C18H12Cl2N4O2. The molecule has 0 bridgehead atoms. The molecule has 2 rings (SSSR count). The van der Waals surface area contributed by atoms with Gasteiger partial charge in [-0.2, -0.15) is 10.5 Å². The number of halogens is 2. The number of oxime groups is 2. The van der Waals surface area contributed by atoms with Crippen LogP contribution in [0.25, 0.3) is 0 Å². The normalized spacial score (nSPS) is 14.2. The molecule has 0 aliphatic heterocycles. The van der Waals surface area contributed by atoms with Crippen LogP contribution < -0.4 is 0 Å². The summed E-state index contributed by atoms with van der Waals surface area (Å²) in [6, 6.07) is 16.6. The third kappa shape index (κ3) is 4.12. The Morgan fingerprint density at radius 3 is 1.27 bits per heavy atom. The average molecular weight is 387 g/mol. The average Bonchev–Trinajstić information content (AvgIpc) is 2.66. The molecule has 2 aromatic carbocycles. The highest BCUT2D eigenvalue weighted by Crippen LogP contribution is 2.26. The van der Waals surface area contributed by atoms with E-state index in [1.54, 1.807) is 48.5 Å². The maximum absolute atomic E-state index is 9.54. The van der Waals surface area contributed by atoms with Gasteiger partial charge in [0.25, 0.3) is 0 Å². The van der Waals surface area contributed by atoms with Crippen LogP contribution in [0.5, 0.6) is 0 Å². The number of hydrogen-bond donors (Lipinski definition) is 2. The van der Waals surface area contributed by atoms with Gasteiger partial charge < -0.3 is 10.4 Å². The van der Waals surface area contributed by atoms with E-state index in [0.29, 0.717) is 21.2 Å². The maximum Gasteiger partial charge on any atom is 0.128 e. The second kappa shape index (κ2) is 8.87. The fourth-order valence-electron chi connectivity index (χ4n) is 2.41. The molecule has 0 radical (unpaired) electrons. The van der Waals surface area contributed by atoms with Crippen LogP contribution in [0.2, 0.25) is 10.0 Å². The Labute approximate surface area is 159 Å². The SMILES string of the molecule is N#C[C@H](C(=N/O)/C(=N\O)[C@H](C#N)c1ccc(Cl)cc1)c1ccc(Cl)cc1. The van der Waals surface area contributed by atoms with Gasteiger partial charge in [-0.1, -0.05) is 57.8 Å². The molecule has 2 N–H and O–H groups in total. The summed E-state index contributed by atoms with van der Waals surface area (Å²) < 4.78 is 0. The Morgan fingerprint density at radius 1 is 0.731 bits per heavy atom. The standard InChI is InChI=1S/C18H12Cl2N4O2/c19-13-5-1-11(2-6-13)15(9-21)17(23-25)18(24-26)16(10-22)12-3-7-14(20)8-4-12/h1-8,15-16,25-26H/b23-17-,24-18-/t15-,16+. The molecule has 8 heteroatoms. The van der Waals surface area contributed by atoms with Gasteiger partial charge >= 0.3 is 0 Å². The Morgan fingerprint density at radius 2 is 1.04 bits per heavy atom. The fraction of sp³-hybridized carbons (Fsp3) is 0.111. The van der Waals surface area contributed by atoms with E-state index < -0.39 is 11.8 Å². The van der Waals surface area contributed by atoms with Crippen molar-refractivity contribution in [1.29, 1.82) is 10.5 Å². The number of nitriles is 2. The zero-order valence-corrected chi connectivity index (χ0v) is 14.7. The summed E-state index contributed by atoms with van der Waals surface area (Å²) in [5.41, 5.74) is 0.468. The van der Waals surface area contributed by atoms with Crippen LogP contribution in [0.15, 0.2) is 58.8 Å². The second-order valence-electron chi connectivity index (χ2n) is 5.20. The number of benzene rings is 2. The zero-order chi connectivity index (χ0) is 19.1. The monoisotopic (exact) mass is 386 g/mol. The van der Waals surface area contributed by atoms with Crippen LogP contribution in [0.4, 0.5) is 0 Å². The van der Waals surface area contributed by atoms with E-state index in [-0.39, 0.29) is 11.4 Å². The summed E-state index contributed by atoms with van der Waals surface area (Å²) in [7, 11) is 0. The lowest BCUT2D eigenvalue weighted by Crippen LogP contribution is -2.27. The molecule has 2 atom stereocenters. The van der Waals surface area contributed by atoms with Crippen LogP contribution >= 0.6 is 23.2 Å². The molecule has 0 aliphatic carbocycles. The lowest BCUT2D eigenvalue weighted by Gasteiger charge is -2.16. The molecule has 0 aliphatic rings. The highest BCUT2D eigenvalue weighted by atomic mass is 35.5. The number of hydrogen-bond acceptors (Lipinski definition) is 6. The summed E-state index contributed by atoms with van der Waals surface area (Å²) in [4.78, 5) is 0. The quantitative estimate of drug-likeness (QED) is 0.445. The first kappa shape index (κ1) is 19.3. The molecule has 0 saturated carbocycles. The van der Waals surface area contributed by atoms with Crippen molar-refractivity contribution < 1.29 is 10.4 Å².